The Morgan fingerprint density at radius 1 is 1.27 bits per heavy atom. The fraction of sp³-hybridized carbons (Fsp3) is 0.571. The fourth-order valence-corrected chi connectivity index (χ4v) is 2.24. The van der Waals surface area contributed by atoms with E-state index < -0.39 is 0 Å². The van der Waals surface area contributed by atoms with Gasteiger partial charge in [0.15, 0.2) is 0 Å². The minimum Gasteiger partial charge on any atom is -0.307 e. The zero-order valence-electron chi connectivity index (χ0n) is 9.74. The lowest BCUT2D eigenvalue weighted by Crippen LogP contribution is -2.32. The molecule has 1 aliphatic rings. The molecule has 0 bridgehead atoms. The second kappa shape index (κ2) is 4.80. The number of hydrogen-bond donors (Lipinski definition) is 1. The van der Waals surface area contributed by atoms with Gasteiger partial charge in [-0.25, -0.2) is 0 Å². The molecule has 0 saturated heterocycles. The van der Waals surface area contributed by atoms with Gasteiger partial charge >= 0.3 is 0 Å². The second-order valence-electron chi connectivity index (χ2n) is 4.65. The molecular weight excluding hydrogens is 182 g/mol. The Morgan fingerprint density at radius 2 is 1.93 bits per heavy atom. The summed E-state index contributed by atoms with van der Waals surface area (Å²) in [5, 5.41) is 3.74. The van der Waals surface area contributed by atoms with E-state index in [2.05, 4.69) is 49.5 Å². The van der Waals surface area contributed by atoms with Gasteiger partial charge in [-0.3, -0.25) is 0 Å². The van der Waals surface area contributed by atoms with Gasteiger partial charge in [-0.1, -0.05) is 37.3 Å². The van der Waals surface area contributed by atoms with Crippen LogP contribution in [0.2, 0.25) is 0 Å². The molecule has 2 rings (SSSR count). The Morgan fingerprint density at radius 3 is 2.47 bits per heavy atom. The van der Waals surface area contributed by atoms with Crippen LogP contribution in [0.25, 0.3) is 0 Å². The Labute approximate surface area is 92.9 Å². The predicted molar refractivity (Wildman–Crippen MR) is 64.8 cm³/mol. The van der Waals surface area contributed by atoms with Gasteiger partial charge in [0.05, 0.1) is 0 Å². The Kier molecular flexibility index (Phi) is 3.42. The smallest absolute Gasteiger partial charge is 0.0294 e. The van der Waals surface area contributed by atoms with Gasteiger partial charge in [0, 0.05) is 12.1 Å². The van der Waals surface area contributed by atoms with Crippen LogP contribution in [0.15, 0.2) is 30.3 Å². The molecule has 0 amide bonds. The molecule has 2 unspecified atom stereocenters. The van der Waals surface area contributed by atoms with Crippen LogP contribution in [0, 0.1) is 5.92 Å². The van der Waals surface area contributed by atoms with E-state index in [0.29, 0.717) is 6.04 Å². The predicted octanol–water partition coefficient (Wildman–Crippen LogP) is 3.53. The van der Waals surface area contributed by atoms with Crippen LogP contribution in [-0.4, -0.2) is 6.04 Å². The molecular formula is C14H21N. The first-order valence-corrected chi connectivity index (χ1v) is 6.12. The largest absolute Gasteiger partial charge is 0.307 e. The first-order chi connectivity index (χ1) is 7.31. The van der Waals surface area contributed by atoms with E-state index in [4.69, 9.17) is 0 Å². The summed E-state index contributed by atoms with van der Waals surface area (Å²) in [7, 11) is 0. The maximum Gasteiger partial charge on any atom is 0.0294 e. The first-order valence-electron chi connectivity index (χ1n) is 6.12. The van der Waals surface area contributed by atoms with Crippen LogP contribution in [0.4, 0.5) is 0 Å². The number of hydrogen-bond acceptors (Lipinski definition) is 1. The highest BCUT2D eigenvalue weighted by Gasteiger charge is 2.30. The van der Waals surface area contributed by atoms with E-state index in [-0.39, 0.29) is 0 Å². The van der Waals surface area contributed by atoms with E-state index in [1.807, 2.05) is 0 Å². The molecule has 1 saturated carbocycles. The van der Waals surface area contributed by atoms with Gasteiger partial charge in [0.25, 0.3) is 0 Å². The molecule has 2 atom stereocenters. The lowest BCUT2D eigenvalue weighted by molar-refractivity contribution is 0.405. The summed E-state index contributed by atoms with van der Waals surface area (Å²) in [4.78, 5) is 0. The van der Waals surface area contributed by atoms with Crippen molar-refractivity contribution < 1.29 is 0 Å². The lowest BCUT2D eigenvalue weighted by Gasteiger charge is -2.22. The van der Waals surface area contributed by atoms with E-state index in [0.717, 1.165) is 12.0 Å². The van der Waals surface area contributed by atoms with Crippen molar-refractivity contribution in [3.05, 3.63) is 35.9 Å². The van der Waals surface area contributed by atoms with Crippen molar-refractivity contribution in [2.24, 2.45) is 5.92 Å². The minimum absolute atomic E-state index is 0.483. The quantitative estimate of drug-likeness (QED) is 0.772. The summed E-state index contributed by atoms with van der Waals surface area (Å²) in [5.74, 6) is 0.946. The lowest BCUT2D eigenvalue weighted by atomic mass is 10.0. The van der Waals surface area contributed by atoms with Gasteiger partial charge in [0.1, 0.15) is 0 Å². The maximum absolute atomic E-state index is 3.74. The zero-order chi connectivity index (χ0) is 10.7. The standard InChI is InChI=1S/C14H21N/c1-3-14(13-9-10-13)15-11(2)12-7-5-4-6-8-12/h4-8,11,13-15H,3,9-10H2,1-2H3. The summed E-state index contributed by atoms with van der Waals surface area (Å²) in [6.07, 6.45) is 4.10. The SMILES string of the molecule is CCC(NC(C)c1ccccc1)C1CC1. The molecule has 1 nitrogen and oxygen atoms in total. The van der Waals surface area contributed by atoms with Crippen molar-refractivity contribution in [3.63, 3.8) is 0 Å². The normalized spacial score (nSPS) is 19.9. The van der Waals surface area contributed by atoms with Crippen molar-refractivity contribution in [2.45, 2.75) is 45.2 Å². The third-order valence-electron chi connectivity index (χ3n) is 3.39. The summed E-state index contributed by atoms with van der Waals surface area (Å²) < 4.78 is 0. The molecule has 0 spiro atoms. The highest BCUT2D eigenvalue weighted by Crippen LogP contribution is 2.34. The third-order valence-corrected chi connectivity index (χ3v) is 3.39. The van der Waals surface area contributed by atoms with E-state index >= 15 is 0 Å². The summed E-state index contributed by atoms with van der Waals surface area (Å²) in [6.45, 7) is 4.55. The molecule has 1 aromatic carbocycles. The second-order valence-corrected chi connectivity index (χ2v) is 4.65. The van der Waals surface area contributed by atoms with Crippen molar-refractivity contribution in [3.8, 4) is 0 Å². The Hall–Kier alpha value is -0.820. The van der Waals surface area contributed by atoms with Crippen LogP contribution >= 0.6 is 0 Å². The number of benzene rings is 1. The summed E-state index contributed by atoms with van der Waals surface area (Å²) in [6, 6.07) is 11.9. The summed E-state index contributed by atoms with van der Waals surface area (Å²) >= 11 is 0. The van der Waals surface area contributed by atoms with Gasteiger partial charge < -0.3 is 5.32 Å². The topological polar surface area (TPSA) is 12.0 Å². The highest BCUT2D eigenvalue weighted by atomic mass is 15.0. The van der Waals surface area contributed by atoms with Crippen molar-refractivity contribution >= 4 is 0 Å². The van der Waals surface area contributed by atoms with Crippen LogP contribution in [0.3, 0.4) is 0 Å². The van der Waals surface area contributed by atoms with Crippen LogP contribution in [0.5, 0.6) is 0 Å². The molecule has 1 heteroatoms. The minimum atomic E-state index is 0.483. The van der Waals surface area contributed by atoms with Gasteiger partial charge in [-0.2, -0.15) is 0 Å². The zero-order valence-corrected chi connectivity index (χ0v) is 9.74. The van der Waals surface area contributed by atoms with Crippen molar-refractivity contribution in [2.75, 3.05) is 0 Å². The van der Waals surface area contributed by atoms with Crippen LogP contribution in [0.1, 0.15) is 44.7 Å². The maximum atomic E-state index is 3.74. The molecule has 1 aromatic rings. The molecule has 0 aliphatic heterocycles. The number of rotatable bonds is 5. The number of nitrogens with one attached hydrogen (secondary N) is 1. The average Bonchev–Trinajstić information content (AvgIpc) is 3.10. The van der Waals surface area contributed by atoms with Crippen molar-refractivity contribution in [1.82, 2.24) is 5.32 Å². The Bertz CT molecular complexity index is 289. The van der Waals surface area contributed by atoms with Gasteiger partial charge in [-0.05, 0) is 37.7 Å². The highest BCUT2D eigenvalue weighted by molar-refractivity contribution is 5.18. The monoisotopic (exact) mass is 203 g/mol. The molecule has 1 N–H and O–H groups in total. The molecule has 1 aliphatic carbocycles. The van der Waals surface area contributed by atoms with E-state index in [9.17, 15) is 0 Å². The fourth-order valence-electron chi connectivity index (χ4n) is 2.24. The third kappa shape index (κ3) is 2.82. The molecule has 82 valence electrons. The molecule has 0 heterocycles. The molecule has 1 fully saturated rings. The average molecular weight is 203 g/mol. The van der Waals surface area contributed by atoms with Gasteiger partial charge in [-0.15, -0.1) is 0 Å². The molecule has 0 aromatic heterocycles. The molecule has 0 radical (unpaired) electrons. The Balaban J connectivity index is 1.93. The van der Waals surface area contributed by atoms with Crippen LogP contribution < -0.4 is 5.32 Å². The first kappa shape index (κ1) is 10.7. The van der Waals surface area contributed by atoms with E-state index in [1.165, 1.54) is 24.8 Å². The van der Waals surface area contributed by atoms with Crippen LogP contribution in [-0.2, 0) is 0 Å². The summed E-state index contributed by atoms with van der Waals surface area (Å²) in [5.41, 5.74) is 1.40. The molecule has 15 heavy (non-hydrogen) atoms. The van der Waals surface area contributed by atoms with E-state index in [1.54, 1.807) is 0 Å². The van der Waals surface area contributed by atoms with Gasteiger partial charge in [0.2, 0.25) is 0 Å². The van der Waals surface area contributed by atoms with Crippen molar-refractivity contribution in [1.29, 1.82) is 0 Å².